The van der Waals surface area contributed by atoms with Crippen LogP contribution in [0.5, 0.6) is 11.5 Å². The van der Waals surface area contributed by atoms with Crippen molar-refractivity contribution in [2.24, 2.45) is 5.92 Å². The molecule has 19 heavy (non-hydrogen) atoms. The summed E-state index contributed by atoms with van der Waals surface area (Å²) in [5.41, 5.74) is 0.489. The first kappa shape index (κ1) is 13.4. The van der Waals surface area contributed by atoms with Crippen molar-refractivity contribution in [3.63, 3.8) is 0 Å². The highest BCUT2D eigenvalue weighted by Gasteiger charge is 2.14. The Balaban J connectivity index is 2.22. The van der Waals surface area contributed by atoms with E-state index in [4.69, 9.17) is 9.26 Å². The minimum atomic E-state index is 0.0971. The molecule has 0 aliphatic rings. The molecular weight excluding hydrogens is 244 g/mol. The van der Waals surface area contributed by atoms with Gasteiger partial charge >= 0.3 is 0 Å². The van der Waals surface area contributed by atoms with E-state index in [9.17, 15) is 5.11 Å². The molecule has 1 aromatic carbocycles. The molecule has 1 aromatic heterocycles. The molecule has 1 heterocycles. The predicted molar refractivity (Wildman–Crippen MR) is 71.1 cm³/mol. The third kappa shape index (κ3) is 3.24. The summed E-state index contributed by atoms with van der Waals surface area (Å²) in [7, 11) is 1.57. The standard InChI is InChI=1S/C14H18N2O3/c1-9(2)4-7-13-15-14(19-16-13)11-8-10(18-3)5-6-12(11)17/h5-6,8-9,17H,4,7H2,1-3H3. The molecule has 0 aliphatic carbocycles. The Morgan fingerprint density at radius 1 is 1.37 bits per heavy atom. The number of benzene rings is 1. The topological polar surface area (TPSA) is 68.4 Å². The number of phenols is 1. The van der Waals surface area contributed by atoms with E-state index in [1.54, 1.807) is 25.3 Å². The van der Waals surface area contributed by atoms with Crippen LogP contribution in [-0.4, -0.2) is 22.4 Å². The number of methoxy groups -OCH3 is 1. The van der Waals surface area contributed by atoms with Gasteiger partial charge in [0.1, 0.15) is 11.5 Å². The number of aromatic nitrogens is 2. The Hall–Kier alpha value is -2.04. The van der Waals surface area contributed by atoms with Gasteiger partial charge < -0.3 is 14.4 Å². The molecule has 0 saturated heterocycles. The van der Waals surface area contributed by atoms with E-state index in [0.717, 1.165) is 12.8 Å². The van der Waals surface area contributed by atoms with Gasteiger partial charge in [-0.25, -0.2) is 0 Å². The van der Waals surface area contributed by atoms with Crippen LogP contribution < -0.4 is 4.74 Å². The summed E-state index contributed by atoms with van der Waals surface area (Å²) >= 11 is 0. The number of rotatable bonds is 5. The summed E-state index contributed by atoms with van der Waals surface area (Å²) < 4.78 is 10.3. The van der Waals surface area contributed by atoms with Crippen molar-refractivity contribution in [2.75, 3.05) is 7.11 Å². The highest BCUT2D eigenvalue weighted by Crippen LogP contribution is 2.31. The van der Waals surface area contributed by atoms with Crippen LogP contribution in [0, 0.1) is 5.92 Å². The average molecular weight is 262 g/mol. The molecule has 0 fully saturated rings. The monoisotopic (exact) mass is 262 g/mol. The molecule has 0 amide bonds. The van der Waals surface area contributed by atoms with E-state index >= 15 is 0 Å². The van der Waals surface area contributed by atoms with Crippen molar-refractivity contribution < 1.29 is 14.4 Å². The molecule has 2 aromatic rings. The molecule has 0 atom stereocenters. The minimum Gasteiger partial charge on any atom is -0.507 e. The number of nitrogens with zero attached hydrogens (tertiary/aromatic N) is 2. The Labute approximate surface area is 112 Å². The SMILES string of the molecule is COc1ccc(O)c(-c2nc(CCC(C)C)no2)c1. The molecule has 1 N–H and O–H groups in total. The number of ether oxygens (including phenoxy) is 1. The summed E-state index contributed by atoms with van der Waals surface area (Å²) in [5, 5.41) is 13.8. The van der Waals surface area contributed by atoms with E-state index in [-0.39, 0.29) is 5.75 Å². The second-order valence-electron chi connectivity index (χ2n) is 4.83. The van der Waals surface area contributed by atoms with Gasteiger partial charge in [-0.15, -0.1) is 0 Å². The zero-order chi connectivity index (χ0) is 13.8. The first-order valence-electron chi connectivity index (χ1n) is 6.30. The van der Waals surface area contributed by atoms with Crippen LogP contribution in [0.3, 0.4) is 0 Å². The zero-order valence-electron chi connectivity index (χ0n) is 11.4. The lowest BCUT2D eigenvalue weighted by molar-refractivity contribution is 0.406. The Morgan fingerprint density at radius 3 is 2.84 bits per heavy atom. The van der Waals surface area contributed by atoms with Gasteiger partial charge in [-0.3, -0.25) is 0 Å². The number of hydrogen-bond acceptors (Lipinski definition) is 5. The molecule has 0 saturated carbocycles. The lowest BCUT2D eigenvalue weighted by Gasteiger charge is -2.03. The van der Waals surface area contributed by atoms with Crippen LogP contribution >= 0.6 is 0 Å². The van der Waals surface area contributed by atoms with Crippen molar-refractivity contribution in [1.82, 2.24) is 10.1 Å². The normalized spacial score (nSPS) is 10.9. The summed E-state index contributed by atoms with van der Waals surface area (Å²) in [6.07, 6.45) is 1.77. The number of aryl methyl sites for hydroxylation is 1. The van der Waals surface area contributed by atoms with E-state index in [0.29, 0.717) is 28.9 Å². The molecule has 0 bridgehead atoms. The van der Waals surface area contributed by atoms with Gasteiger partial charge in [0.2, 0.25) is 0 Å². The lowest BCUT2D eigenvalue weighted by Crippen LogP contribution is -1.94. The summed E-state index contributed by atoms with van der Waals surface area (Å²) in [6.45, 7) is 4.30. The first-order valence-corrected chi connectivity index (χ1v) is 6.30. The highest BCUT2D eigenvalue weighted by molar-refractivity contribution is 5.64. The highest BCUT2D eigenvalue weighted by atomic mass is 16.5. The average Bonchev–Trinajstić information content (AvgIpc) is 2.85. The van der Waals surface area contributed by atoms with Gasteiger partial charge in [0.15, 0.2) is 5.82 Å². The molecule has 0 aliphatic heterocycles. The van der Waals surface area contributed by atoms with Crippen LogP contribution in [0.1, 0.15) is 26.1 Å². The second-order valence-corrected chi connectivity index (χ2v) is 4.83. The Morgan fingerprint density at radius 2 is 2.16 bits per heavy atom. The molecular formula is C14H18N2O3. The molecule has 0 radical (unpaired) electrons. The smallest absolute Gasteiger partial charge is 0.261 e. The summed E-state index contributed by atoms with van der Waals surface area (Å²) in [6, 6.07) is 4.90. The Bertz CT molecular complexity index is 549. The van der Waals surface area contributed by atoms with Gasteiger partial charge in [-0.1, -0.05) is 19.0 Å². The number of phenolic OH excluding ortho intramolecular Hbond substituents is 1. The predicted octanol–water partition coefficient (Wildman–Crippen LogP) is 3.04. The number of aromatic hydroxyl groups is 1. The van der Waals surface area contributed by atoms with Crippen molar-refractivity contribution in [1.29, 1.82) is 0 Å². The van der Waals surface area contributed by atoms with Crippen LogP contribution in [0.2, 0.25) is 0 Å². The fourth-order valence-corrected chi connectivity index (χ4v) is 1.70. The maximum atomic E-state index is 9.83. The summed E-state index contributed by atoms with van der Waals surface area (Å²) in [4.78, 5) is 4.30. The summed E-state index contributed by atoms with van der Waals surface area (Å²) in [5.74, 6) is 2.29. The van der Waals surface area contributed by atoms with Crippen molar-refractivity contribution in [3.05, 3.63) is 24.0 Å². The maximum absolute atomic E-state index is 9.83. The van der Waals surface area contributed by atoms with Crippen LogP contribution in [0.25, 0.3) is 11.5 Å². The fraction of sp³-hybridized carbons (Fsp3) is 0.429. The van der Waals surface area contributed by atoms with Gasteiger partial charge in [0.25, 0.3) is 5.89 Å². The third-order valence-corrected chi connectivity index (χ3v) is 2.85. The Kier molecular flexibility index (Phi) is 4.04. The molecule has 5 heteroatoms. The molecule has 0 spiro atoms. The zero-order valence-corrected chi connectivity index (χ0v) is 11.4. The molecule has 2 rings (SSSR count). The second kappa shape index (κ2) is 5.73. The fourth-order valence-electron chi connectivity index (χ4n) is 1.70. The maximum Gasteiger partial charge on any atom is 0.261 e. The van der Waals surface area contributed by atoms with E-state index < -0.39 is 0 Å². The van der Waals surface area contributed by atoms with Crippen LogP contribution in [-0.2, 0) is 6.42 Å². The van der Waals surface area contributed by atoms with E-state index in [1.807, 2.05) is 0 Å². The largest absolute Gasteiger partial charge is 0.507 e. The quantitative estimate of drug-likeness (QED) is 0.897. The van der Waals surface area contributed by atoms with Gasteiger partial charge in [0, 0.05) is 6.42 Å². The number of hydrogen-bond donors (Lipinski definition) is 1. The lowest BCUT2D eigenvalue weighted by atomic mass is 10.1. The van der Waals surface area contributed by atoms with E-state index in [1.165, 1.54) is 0 Å². The van der Waals surface area contributed by atoms with Crippen molar-refractivity contribution in [2.45, 2.75) is 26.7 Å². The van der Waals surface area contributed by atoms with Gasteiger partial charge in [-0.2, -0.15) is 4.98 Å². The molecule has 102 valence electrons. The van der Waals surface area contributed by atoms with Gasteiger partial charge in [0.05, 0.1) is 12.7 Å². The van der Waals surface area contributed by atoms with Crippen molar-refractivity contribution in [3.8, 4) is 23.0 Å². The van der Waals surface area contributed by atoms with Crippen LogP contribution in [0.4, 0.5) is 0 Å². The van der Waals surface area contributed by atoms with Gasteiger partial charge in [-0.05, 0) is 30.5 Å². The van der Waals surface area contributed by atoms with E-state index in [2.05, 4.69) is 24.0 Å². The van der Waals surface area contributed by atoms with Crippen LogP contribution in [0.15, 0.2) is 22.7 Å². The third-order valence-electron chi connectivity index (χ3n) is 2.85. The molecule has 0 unspecified atom stereocenters. The van der Waals surface area contributed by atoms with Crippen molar-refractivity contribution >= 4 is 0 Å². The minimum absolute atomic E-state index is 0.0971. The first-order chi connectivity index (χ1) is 9.10. The molecule has 5 nitrogen and oxygen atoms in total.